The van der Waals surface area contributed by atoms with Crippen LogP contribution in [0, 0.1) is 23.7 Å². The molecule has 4 fully saturated rings. The second-order valence-electron chi connectivity index (χ2n) is 10.5. The van der Waals surface area contributed by atoms with Crippen LogP contribution in [0.25, 0.3) is 0 Å². The van der Waals surface area contributed by atoms with E-state index < -0.39 is 0 Å². The van der Waals surface area contributed by atoms with Crippen molar-refractivity contribution in [2.75, 3.05) is 20.2 Å². The lowest BCUT2D eigenvalue weighted by molar-refractivity contribution is -0.135. The first-order valence-electron chi connectivity index (χ1n) is 13.3. The molecule has 0 radical (unpaired) electrons. The predicted octanol–water partition coefficient (Wildman–Crippen LogP) is 0.857. The highest BCUT2D eigenvalue weighted by atomic mass is 16.7. The number of fused-ring (bicyclic) bond motifs is 1. The minimum Gasteiger partial charge on any atom is -0.381 e. The largest absolute Gasteiger partial charge is 0.381 e. The summed E-state index contributed by atoms with van der Waals surface area (Å²) in [5.41, 5.74) is 9.11. The SMILES string of the molecule is COC1CCC(C2NOC(CCC(=O)NCCCNC3NNC(=O)C4CCCC(C)C34)N2)CC1. The number of carbonyl (C=O) groups is 2. The predicted molar refractivity (Wildman–Crippen MR) is 128 cm³/mol. The van der Waals surface area contributed by atoms with Crippen molar-refractivity contribution in [1.29, 1.82) is 0 Å². The van der Waals surface area contributed by atoms with Gasteiger partial charge in [0.15, 0.2) is 0 Å². The highest BCUT2D eigenvalue weighted by Crippen LogP contribution is 2.37. The van der Waals surface area contributed by atoms with E-state index in [0.717, 1.165) is 51.5 Å². The van der Waals surface area contributed by atoms with Crippen molar-refractivity contribution in [3.05, 3.63) is 0 Å². The van der Waals surface area contributed by atoms with Gasteiger partial charge in [-0.2, -0.15) is 5.48 Å². The molecule has 0 bridgehead atoms. The molecule has 194 valence electrons. The minimum absolute atomic E-state index is 0.0541. The maximum Gasteiger partial charge on any atom is 0.237 e. The molecule has 10 heteroatoms. The second kappa shape index (κ2) is 12.6. The molecule has 0 spiro atoms. The first-order valence-corrected chi connectivity index (χ1v) is 13.3. The van der Waals surface area contributed by atoms with Crippen molar-refractivity contribution in [1.82, 2.24) is 32.3 Å². The lowest BCUT2D eigenvalue weighted by atomic mass is 9.70. The van der Waals surface area contributed by atoms with Crippen LogP contribution in [0.15, 0.2) is 0 Å². The van der Waals surface area contributed by atoms with Crippen LogP contribution in [0.3, 0.4) is 0 Å². The molecule has 2 amide bonds. The molecule has 0 aromatic rings. The molecule has 2 saturated heterocycles. The van der Waals surface area contributed by atoms with Gasteiger partial charge in [0, 0.05) is 31.9 Å². The third kappa shape index (κ3) is 6.67. The number of hydrogen-bond donors (Lipinski definition) is 6. The second-order valence-corrected chi connectivity index (χ2v) is 10.5. The summed E-state index contributed by atoms with van der Waals surface area (Å²) in [7, 11) is 1.79. The van der Waals surface area contributed by atoms with Crippen molar-refractivity contribution in [2.24, 2.45) is 23.7 Å². The molecule has 2 aliphatic heterocycles. The number of methoxy groups -OCH3 is 1. The van der Waals surface area contributed by atoms with Gasteiger partial charge in [0.1, 0.15) is 6.23 Å². The monoisotopic (exact) mass is 480 g/mol. The minimum atomic E-state index is -0.129. The Morgan fingerprint density at radius 1 is 1.15 bits per heavy atom. The summed E-state index contributed by atoms with van der Waals surface area (Å²) in [6.45, 7) is 3.67. The Balaban J connectivity index is 1.06. The van der Waals surface area contributed by atoms with E-state index in [1.54, 1.807) is 7.11 Å². The molecule has 10 nitrogen and oxygen atoms in total. The normalized spacial score (nSPS) is 38.2. The van der Waals surface area contributed by atoms with E-state index >= 15 is 0 Å². The Morgan fingerprint density at radius 3 is 2.76 bits per heavy atom. The zero-order valence-electron chi connectivity index (χ0n) is 20.7. The molecule has 2 heterocycles. The summed E-state index contributed by atoms with van der Waals surface area (Å²) in [5, 5.41) is 10.0. The molecule has 0 aromatic carbocycles. The average molecular weight is 481 g/mol. The first kappa shape index (κ1) is 25.8. The lowest BCUT2D eigenvalue weighted by Gasteiger charge is -2.44. The van der Waals surface area contributed by atoms with Gasteiger partial charge in [-0.3, -0.25) is 25.2 Å². The van der Waals surface area contributed by atoms with Crippen molar-refractivity contribution in [2.45, 2.75) is 95.8 Å². The Labute approximate surface area is 203 Å². The van der Waals surface area contributed by atoms with E-state index in [1.165, 1.54) is 6.42 Å². The molecule has 4 aliphatic rings. The maximum atomic E-state index is 12.3. The van der Waals surface area contributed by atoms with Gasteiger partial charge in [-0.1, -0.05) is 19.8 Å². The lowest BCUT2D eigenvalue weighted by Crippen LogP contribution is -2.65. The fourth-order valence-corrected chi connectivity index (χ4v) is 6.21. The Hall–Kier alpha value is -1.30. The summed E-state index contributed by atoms with van der Waals surface area (Å²) in [6, 6.07) is 0. The molecule has 0 aromatic heterocycles. The number of carbonyl (C=O) groups excluding carboxylic acids is 2. The fraction of sp³-hybridized carbons (Fsp3) is 0.917. The van der Waals surface area contributed by atoms with Gasteiger partial charge in [-0.05, 0) is 63.3 Å². The van der Waals surface area contributed by atoms with Crippen molar-refractivity contribution in [3.8, 4) is 0 Å². The number of amides is 2. The number of hydrazine groups is 1. The summed E-state index contributed by atoms with van der Waals surface area (Å²) < 4.78 is 5.46. The van der Waals surface area contributed by atoms with Gasteiger partial charge < -0.3 is 15.4 Å². The third-order valence-corrected chi connectivity index (χ3v) is 8.27. The number of ether oxygens (including phenoxy) is 1. The standard InChI is InChI=1S/C24H44N6O4/c1-15-5-3-6-18-21(15)23(28-29-24(18)32)26-14-4-13-25-19(31)11-12-20-27-22(30-34-20)16-7-9-17(33-2)10-8-16/h15-18,20-23,26-28,30H,3-14H2,1-2H3,(H,25,31)(H,29,32). The average Bonchev–Trinajstić information content (AvgIpc) is 3.33. The van der Waals surface area contributed by atoms with Gasteiger partial charge in [0.2, 0.25) is 11.8 Å². The molecule has 4 rings (SSSR count). The number of hydrogen-bond acceptors (Lipinski definition) is 8. The number of nitrogens with one attached hydrogen (secondary N) is 6. The summed E-state index contributed by atoms with van der Waals surface area (Å²) in [4.78, 5) is 30.1. The van der Waals surface area contributed by atoms with E-state index in [9.17, 15) is 9.59 Å². The quantitative estimate of drug-likeness (QED) is 0.254. The van der Waals surface area contributed by atoms with Crippen molar-refractivity contribution < 1.29 is 19.2 Å². The molecule has 6 N–H and O–H groups in total. The van der Waals surface area contributed by atoms with Crippen molar-refractivity contribution in [3.63, 3.8) is 0 Å². The van der Waals surface area contributed by atoms with Crippen LogP contribution in [0.2, 0.25) is 0 Å². The molecule has 34 heavy (non-hydrogen) atoms. The van der Waals surface area contributed by atoms with Gasteiger partial charge >= 0.3 is 0 Å². The molecular formula is C24H44N6O4. The zero-order valence-corrected chi connectivity index (χ0v) is 20.7. The van der Waals surface area contributed by atoms with Crippen molar-refractivity contribution >= 4 is 11.8 Å². The maximum absolute atomic E-state index is 12.3. The Bertz CT molecular complexity index is 674. The van der Waals surface area contributed by atoms with Gasteiger partial charge in [0.25, 0.3) is 0 Å². The smallest absolute Gasteiger partial charge is 0.237 e. The van der Waals surface area contributed by atoms with E-state index in [0.29, 0.717) is 43.2 Å². The third-order valence-electron chi connectivity index (χ3n) is 8.27. The number of hydroxylamine groups is 1. The van der Waals surface area contributed by atoms with Crippen LogP contribution in [-0.4, -0.2) is 56.7 Å². The fourth-order valence-electron chi connectivity index (χ4n) is 6.21. The van der Waals surface area contributed by atoms with E-state index in [1.807, 2.05) is 0 Å². The van der Waals surface area contributed by atoms with Gasteiger partial charge in [-0.25, -0.2) is 5.43 Å². The first-order chi connectivity index (χ1) is 16.5. The van der Waals surface area contributed by atoms with Crippen LogP contribution >= 0.6 is 0 Å². The molecule has 6 unspecified atom stereocenters. The van der Waals surface area contributed by atoms with Crippen LogP contribution in [-0.2, 0) is 19.2 Å². The molecule has 2 aliphatic carbocycles. The summed E-state index contributed by atoms with van der Waals surface area (Å²) in [6.07, 6.45) is 10.1. The van der Waals surface area contributed by atoms with E-state index in [4.69, 9.17) is 9.57 Å². The van der Waals surface area contributed by atoms with Crippen LogP contribution in [0.5, 0.6) is 0 Å². The topological polar surface area (TPSA) is 125 Å². The molecular weight excluding hydrogens is 436 g/mol. The highest BCUT2D eigenvalue weighted by molar-refractivity contribution is 5.79. The summed E-state index contributed by atoms with van der Waals surface area (Å²) >= 11 is 0. The Kier molecular flexibility index (Phi) is 9.55. The van der Waals surface area contributed by atoms with Crippen LogP contribution in [0.1, 0.15) is 71.1 Å². The Morgan fingerprint density at radius 2 is 1.97 bits per heavy atom. The van der Waals surface area contributed by atoms with Gasteiger partial charge in [-0.15, -0.1) is 0 Å². The van der Waals surface area contributed by atoms with E-state index in [2.05, 4.69) is 39.2 Å². The molecule has 2 saturated carbocycles. The highest BCUT2D eigenvalue weighted by Gasteiger charge is 2.43. The number of rotatable bonds is 10. The van der Waals surface area contributed by atoms with E-state index in [-0.39, 0.29) is 36.3 Å². The van der Waals surface area contributed by atoms with Crippen LogP contribution in [0.4, 0.5) is 0 Å². The van der Waals surface area contributed by atoms with Gasteiger partial charge in [0.05, 0.1) is 18.4 Å². The van der Waals surface area contributed by atoms with Crippen LogP contribution < -0.4 is 32.3 Å². The molecule has 6 atom stereocenters. The zero-order chi connectivity index (χ0) is 23.9. The summed E-state index contributed by atoms with van der Waals surface area (Å²) in [5.74, 6) is 1.67.